The minimum absolute atomic E-state index is 0.318. The lowest BCUT2D eigenvalue weighted by Crippen LogP contribution is -2.18. The summed E-state index contributed by atoms with van der Waals surface area (Å²) in [4.78, 5) is 0. The topological polar surface area (TPSA) is 35.8 Å². The summed E-state index contributed by atoms with van der Waals surface area (Å²) in [5.74, 6) is 2.21. The molecule has 0 aromatic heterocycles. The third-order valence-corrected chi connectivity index (χ3v) is 4.44. The summed E-state index contributed by atoms with van der Waals surface area (Å²) in [6, 6.07) is 5.35. The third kappa shape index (κ3) is 3.31. The SMILES string of the molecule is N#Cc1cc(NCC(C2CC2)C2CC2)ccc1C(F)(F)F. The molecule has 0 spiro atoms. The predicted octanol–water partition coefficient (Wildman–Crippen LogP) is 4.43. The average molecular weight is 294 g/mol. The molecule has 5 heteroatoms. The first-order valence-corrected chi connectivity index (χ1v) is 7.34. The van der Waals surface area contributed by atoms with Crippen LogP contribution in [0, 0.1) is 29.1 Å². The zero-order valence-electron chi connectivity index (χ0n) is 11.6. The molecule has 1 aromatic rings. The molecule has 112 valence electrons. The van der Waals surface area contributed by atoms with Gasteiger partial charge in [-0.25, -0.2) is 0 Å². The van der Waals surface area contributed by atoms with Gasteiger partial charge in [0.05, 0.1) is 17.2 Å². The van der Waals surface area contributed by atoms with E-state index in [0.29, 0.717) is 11.6 Å². The number of halogens is 3. The Morgan fingerprint density at radius 2 is 1.81 bits per heavy atom. The van der Waals surface area contributed by atoms with Crippen LogP contribution >= 0.6 is 0 Å². The number of nitriles is 1. The molecule has 1 aromatic carbocycles. The number of benzene rings is 1. The van der Waals surface area contributed by atoms with Crippen molar-refractivity contribution in [1.82, 2.24) is 0 Å². The fourth-order valence-corrected chi connectivity index (χ4v) is 3.00. The molecule has 0 bridgehead atoms. The molecule has 0 atom stereocenters. The lowest BCUT2D eigenvalue weighted by Gasteiger charge is -2.18. The number of hydrogen-bond acceptors (Lipinski definition) is 2. The monoisotopic (exact) mass is 294 g/mol. The van der Waals surface area contributed by atoms with E-state index >= 15 is 0 Å². The van der Waals surface area contributed by atoms with Crippen LogP contribution in [0.15, 0.2) is 18.2 Å². The molecular formula is C16H17F3N2. The van der Waals surface area contributed by atoms with Crippen LogP contribution in [0.4, 0.5) is 18.9 Å². The van der Waals surface area contributed by atoms with Crippen molar-refractivity contribution >= 4 is 5.69 Å². The Labute approximate surface area is 122 Å². The van der Waals surface area contributed by atoms with E-state index in [9.17, 15) is 13.2 Å². The van der Waals surface area contributed by atoms with Crippen LogP contribution in [0.25, 0.3) is 0 Å². The van der Waals surface area contributed by atoms with Gasteiger partial charge in [-0.1, -0.05) is 0 Å². The average Bonchev–Trinajstić information content (AvgIpc) is 3.30. The Kier molecular flexibility index (Phi) is 3.56. The first-order chi connectivity index (χ1) is 9.99. The number of nitrogens with one attached hydrogen (secondary N) is 1. The summed E-state index contributed by atoms with van der Waals surface area (Å²) in [5.41, 5.74) is -0.579. The lowest BCUT2D eigenvalue weighted by atomic mass is 9.97. The van der Waals surface area contributed by atoms with Crippen LogP contribution in [-0.2, 0) is 6.18 Å². The number of anilines is 1. The fourth-order valence-electron chi connectivity index (χ4n) is 3.00. The molecule has 2 saturated carbocycles. The van der Waals surface area contributed by atoms with E-state index in [1.54, 1.807) is 6.07 Å². The number of alkyl halides is 3. The Balaban J connectivity index is 1.69. The molecule has 3 rings (SSSR count). The van der Waals surface area contributed by atoms with Gasteiger partial charge in [-0.05, 0) is 61.6 Å². The minimum Gasteiger partial charge on any atom is -0.385 e. The van der Waals surface area contributed by atoms with E-state index in [1.807, 2.05) is 0 Å². The highest BCUT2D eigenvalue weighted by molar-refractivity contribution is 5.53. The number of hydrogen-bond donors (Lipinski definition) is 1. The van der Waals surface area contributed by atoms with Gasteiger partial charge < -0.3 is 5.32 Å². The molecule has 1 N–H and O–H groups in total. The standard InChI is InChI=1S/C16H17F3N2/c17-16(18,19)15-6-5-13(7-12(15)8-20)21-9-14(10-1-2-10)11-3-4-11/h5-7,10-11,14,21H,1-4,9H2. The molecule has 0 saturated heterocycles. The fraction of sp³-hybridized carbons (Fsp3) is 0.562. The van der Waals surface area contributed by atoms with Crippen LogP contribution in [0.2, 0.25) is 0 Å². The van der Waals surface area contributed by atoms with Crippen molar-refractivity contribution in [2.75, 3.05) is 11.9 Å². The molecule has 0 heterocycles. The van der Waals surface area contributed by atoms with Gasteiger partial charge in [0.25, 0.3) is 0 Å². The van der Waals surface area contributed by atoms with Crippen molar-refractivity contribution in [3.05, 3.63) is 29.3 Å². The zero-order valence-corrected chi connectivity index (χ0v) is 11.6. The van der Waals surface area contributed by atoms with Gasteiger partial charge >= 0.3 is 6.18 Å². The predicted molar refractivity (Wildman–Crippen MR) is 73.6 cm³/mol. The normalized spacial score (nSPS) is 18.6. The van der Waals surface area contributed by atoms with Crippen LogP contribution in [0.5, 0.6) is 0 Å². The van der Waals surface area contributed by atoms with Crippen molar-refractivity contribution in [3.8, 4) is 6.07 Å². The summed E-state index contributed by atoms with van der Waals surface area (Å²) in [7, 11) is 0. The highest BCUT2D eigenvalue weighted by Crippen LogP contribution is 2.49. The maximum absolute atomic E-state index is 12.7. The molecular weight excluding hydrogens is 277 g/mol. The summed E-state index contributed by atoms with van der Waals surface area (Å²) >= 11 is 0. The van der Waals surface area contributed by atoms with Crippen LogP contribution in [0.3, 0.4) is 0 Å². The van der Waals surface area contributed by atoms with Crippen molar-refractivity contribution in [1.29, 1.82) is 5.26 Å². The number of rotatable bonds is 5. The Morgan fingerprint density at radius 3 is 2.29 bits per heavy atom. The van der Waals surface area contributed by atoms with Gasteiger partial charge in [0, 0.05) is 12.2 Å². The zero-order chi connectivity index (χ0) is 15.0. The summed E-state index contributed by atoms with van der Waals surface area (Å²) in [6.07, 6.45) is 0.630. The first-order valence-electron chi connectivity index (χ1n) is 7.34. The maximum atomic E-state index is 12.7. The van der Waals surface area contributed by atoms with Crippen molar-refractivity contribution in [2.24, 2.45) is 17.8 Å². The van der Waals surface area contributed by atoms with E-state index < -0.39 is 11.7 Å². The van der Waals surface area contributed by atoms with Gasteiger partial charge in [-0.3, -0.25) is 0 Å². The molecule has 0 radical (unpaired) electrons. The van der Waals surface area contributed by atoms with Crippen molar-refractivity contribution in [3.63, 3.8) is 0 Å². The Morgan fingerprint density at radius 1 is 1.19 bits per heavy atom. The summed E-state index contributed by atoms with van der Waals surface area (Å²) in [5, 5.41) is 12.1. The minimum atomic E-state index is -4.48. The van der Waals surface area contributed by atoms with Gasteiger partial charge in [0.2, 0.25) is 0 Å². The van der Waals surface area contributed by atoms with Crippen molar-refractivity contribution in [2.45, 2.75) is 31.9 Å². The molecule has 0 amide bonds. The van der Waals surface area contributed by atoms with Gasteiger partial charge in [0.1, 0.15) is 0 Å². The van der Waals surface area contributed by atoms with E-state index in [1.165, 1.54) is 37.8 Å². The number of nitrogens with zero attached hydrogens (tertiary/aromatic N) is 1. The molecule has 2 fully saturated rings. The molecule has 2 nitrogen and oxygen atoms in total. The maximum Gasteiger partial charge on any atom is 0.417 e. The van der Waals surface area contributed by atoms with E-state index in [0.717, 1.165) is 24.4 Å². The summed E-state index contributed by atoms with van der Waals surface area (Å²) in [6.45, 7) is 0.797. The molecule has 0 aliphatic heterocycles. The molecule has 2 aliphatic rings. The highest BCUT2D eigenvalue weighted by atomic mass is 19.4. The van der Waals surface area contributed by atoms with E-state index in [4.69, 9.17) is 5.26 Å². The molecule has 21 heavy (non-hydrogen) atoms. The van der Waals surface area contributed by atoms with Crippen LogP contribution in [-0.4, -0.2) is 6.54 Å². The third-order valence-electron chi connectivity index (χ3n) is 4.44. The second-order valence-corrected chi connectivity index (χ2v) is 6.09. The molecule has 0 unspecified atom stereocenters. The smallest absolute Gasteiger partial charge is 0.385 e. The Hall–Kier alpha value is -1.70. The second-order valence-electron chi connectivity index (χ2n) is 6.09. The summed E-state index contributed by atoms with van der Waals surface area (Å²) < 4.78 is 38.2. The quantitative estimate of drug-likeness (QED) is 0.872. The van der Waals surface area contributed by atoms with Gasteiger partial charge in [-0.2, -0.15) is 18.4 Å². The van der Waals surface area contributed by atoms with Crippen LogP contribution in [0.1, 0.15) is 36.8 Å². The van der Waals surface area contributed by atoms with Gasteiger partial charge in [-0.15, -0.1) is 0 Å². The second kappa shape index (κ2) is 5.25. The van der Waals surface area contributed by atoms with E-state index in [-0.39, 0.29) is 5.56 Å². The van der Waals surface area contributed by atoms with E-state index in [2.05, 4.69) is 5.32 Å². The van der Waals surface area contributed by atoms with Gasteiger partial charge in [0.15, 0.2) is 0 Å². The Bertz CT molecular complexity index is 554. The van der Waals surface area contributed by atoms with Crippen LogP contribution < -0.4 is 5.32 Å². The first kappa shape index (κ1) is 14.2. The van der Waals surface area contributed by atoms with Crippen molar-refractivity contribution < 1.29 is 13.2 Å². The largest absolute Gasteiger partial charge is 0.417 e. The highest BCUT2D eigenvalue weighted by Gasteiger charge is 2.41. The molecule has 2 aliphatic carbocycles. The lowest BCUT2D eigenvalue weighted by molar-refractivity contribution is -0.137.